The first kappa shape index (κ1) is 18.6. The third kappa shape index (κ3) is 4.21. The topological polar surface area (TPSA) is 84.9 Å². The molecule has 0 aliphatic rings. The van der Waals surface area contributed by atoms with Crippen LogP contribution in [0.4, 0.5) is 11.4 Å². The number of nitrogens with zero attached hydrogens (tertiary/aromatic N) is 1. The van der Waals surface area contributed by atoms with Gasteiger partial charge in [-0.25, -0.2) is 8.42 Å². The lowest BCUT2D eigenvalue weighted by molar-refractivity contribution is -0.116. The molecule has 8 heteroatoms. The summed E-state index contributed by atoms with van der Waals surface area (Å²) in [6.45, 7) is 1.43. The van der Waals surface area contributed by atoms with E-state index >= 15 is 0 Å². The predicted molar refractivity (Wildman–Crippen MR) is 95.9 cm³/mol. The van der Waals surface area contributed by atoms with Gasteiger partial charge >= 0.3 is 0 Å². The van der Waals surface area contributed by atoms with Gasteiger partial charge in [-0.1, -0.05) is 0 Å². The number of amides is 1. The van der Waals surface area contributed by atoms with Crippen LogP contribution >= 0.6 is 0 Å². The SMILES string of the molecule is COc1ccc(NS(=O)(=O)c2ccc(N(C)C(C)=O)cc2)cc1OC. The Bertz CT molecular complexity index is 863. The molecule has 0 spiro atoms. The van der Waals surface area contributed by atoms with Gasteiger partial charge in [-0.2, -0.15) is 0 Å². The van der Waals surface area contributed by atoms with E-state index in [1.807, 2.05) is 0 Å². The number of hydrogen-bond donors (Lipinski definition) is 1. The van der Waals surface area contributed by atoms with Crippen molar-refractivity contribution in [3.8, 4) is 11.5 Å². The number of methoxy groups -OCH3 is 2. The second-order valence-corrected chi connectivity index (χ2v) is 6.93. The summed E-state index contributed by atoms with van der Waals surface area (Å²) in [4.78, 5) is 12.9. The van der Waals surface area contributed by atoms with Crippen molar-refractivity contribution >= 4 is 27.3 Å². The molecule has 1 amide bonds. The molecule has 0 aliphatic heterocycles. The lowest BCUT2D eigenvalue weighted by Crippen LogP contribution is -2.22. The summed E-state index contributed by atoms with van der Waals surface area (Å²) in [6.07, 6.45) is 0. The van der Waals surface area contributed by atoms with E-state index in [0.29, 0.717) is 22.9 Å². The van der Waals surface area contributed by atoms with Gasteiger partial charge in [-0.05, 0) is 36.4 Å². The van der Waals surface area contributed by atoms with Crippen molar-refractivity contribution in [1.29, 1.82) is 0 Å². The number of benzene rings is 2. The van der Waals surface area contributed by atoms with Gasteiger partial charge in [0.1, 0.15) is 0 Å². The van der Waals surface area contributed by atoms with Crippen LogP contribution in [0.2, 0.25) is 0 Å². The summed E-state index contributed by atoms with van der Waals surface area (Å²) in [5, 5.41) is 0. The largest absolute Gasteiger partial charge is 0.493 e. The van der Waals surface area contributed by atoms with Gasteiger partial charge in [0.2, 0.25) is 5.91 Å². The minimum Gasteiger partial charge on any atom is -0.493 e. The van der Waals surface area contributed by atoms with E-state index in [9.17, 15) is 13.2 Å². The van der Waals surface area contributed by atoms with E-state index in [1.165, 1.54) is 44.2 Å². The molecular formula is C17H20N2O5S. The molecule has 0 saturated carbocycles. The van der Waals surface area contributed by atoms with Crippen LogP contribution < -0.4 is 19.1 Å². The molecule has 134 valence electrons. The van der Waals surface area contributed by atoms with Crippen molar-refractivity contribution < 1.29 is 22.7 Å². The minimum absolute atomic E-state index is 0.0861. The summed E-state index contributed by atoms with van der Waals surface area (Å²) in [6, 6.07) is 10.8. The number of sulfonamides is 1. The van der Waals surface area contributed by atoms with E-state index in [-0.39, 0.29) is 10.8 Å². The van der Waals surface area contributed by atoms with E-state index in [2.05, 4.69) is 4.72 Å². The zero-order valence-corrected chi connectivity index (χ0v) is 15.3. The molecule has 0 radical (unpaired) electrons. The van der Waals surface area contributed by atoms with Crippen molar-refractivity contribution in [3.63, 3.8) is 0 Å². The molecule has 1 N–H and O–H groups in total. The van der Waals surface area contributed by atoms with Crippen LogP contribution in [0.5, 0.6) is 11.5 Å². The summed E-state index contributed by atoms with van der Waals surface area (Å²) >= 11 is 0. The maximum absolute atomic E-state index is 12.5. The van der Waals surface area contributed by atoms with E-state index < -0.39 is 10.0 Å². The van der Waals surface area contributed by atoms with Gasteiger partial charge in [-0.3, -0.25) is 9.52 Å². The molecule has 0 atom stereocenters. The number of anilines is 2. The fraction of sp³-hybridized carbons (Fsp3) is 0.235. The number of ether oxygens (including phenoxy) is 2. The average Bonchev–Trinajstić information content (AvgIpc) is 2.60. The second-order valence-electron chi connectivity index (χ2n) is 5.25. The maximum Gasteiger partial charge on any atom is 0.261 e. The molecule has 25 heavy (non-hydrogen) atoms. The number of hydrogen-bond acceptors (Lipinski definition) is 5. The highest BCUT2D eigenvalue weighted by atomic mass is 32.2. The Morgan fingerprint density at radius 3 is 2.12 bits per heavy atom. The highest BCUT2D eigenvalue weighted by Gasteiger charge is 2.16. The second kappa shape index (κ2) is 7.43. The Morgan fingerprint density at radius 1 is 1.00 bits per heavy atom. The first-order valence-electron chi connectivity index (χ1n) is 7.37. The number of carbonyl (C=O) groups excluding carboxylic acids is 1. The van der Waals surface area contributed by atoms with Crippen LogP contribution in [-0.2, 0) is 14.8 Å². The molecule has 2 aromatic rings. The lowest BCUT2D eigenvalue weighted by Gasteiger charge is -2.16. The quantitative estimate of drug-likeness (QED) is 0.851. The summed E-state index contributed by atoms with van der Waals surface area (Å²) in [5.74, 6) is 0.780. The molecule has 0 aliphatic carbocycles. The van der Waals surface area contributed by atoms with Crippen molar-refractivity contribution in [2.45, 2.75) is 11.8 Å². The van der Waals surface area contributed by atoms with Crippen LogP contribution in [0.15, 0.2) is 47.4 Å². The van der Waals surface area contributed by atoms with Crippen LogP contribution in [0.1, 0.15) is 6.92 Å². The highest BCUT2D eigenvalue weighted by Crippen LogP contribution is 2.30. The number of rotatable bonds is 6. The van der Waals surface area contributed by atoms with E-state index in [0.717, 1.165) is 0 Å². The third-order valence-electron chi connectivity index (χ3n) is 3.64. The van der Waals surface area contributed by atoms with Crippen molar-refractivity contribution in [2.75, 3.05) is 30.9 Å². The van der Waals surface area contributed by atoms with Gasteiger partial charge in [0, 0.05) is 25.7 Å². The minimum atomic E-state index is -3.77. The van der Waals surface area contributed by atoms with Gasteiger partial charge in [0.05, 0.1) is 24.8 Å². The van der Waals surface area contributed by atoms with Crippen molar-refractivity contribution in [2.24, 2.45) is 0 Å². The monoisotopic (exact) mass is 364 g/mol. The van der Waals surface area contributed by atoms with Crippen LogP contribution in [0, 0.1) is 0 Å². The Hall–Kier alpha value is -2.74. The zero-order valence-electron chi connectivity index (χ0n) is 14.4. The van der Waals surface area contributed by atoms with Gasteiger partial charge in [0.25, 0.3) is 10.0 Å². The normalized spacial score (nSPS) is 10.9. The van der Waals surface area contributed by atoms with Crippen molar-refractivity contribution in [1.82, 2.24) is 0 Å². The molecule has 2 aromatic carbocycles. The molecule has 0 aromatic heterocycles. The smallest absolute Gasteiger partial charge is 0.261 e. The van der Waals surface area contributed by atoms with Gasteiger partial charge < -0.3 is 14.4 Å². The van der Waals surface area contributed by atoms with Crippen LogP contribution in [0.25, 0.3) is 0 Å². The highest BCUT2D eigenvalue weighted by molar-refractivity contribution is 7.92. The summed E-state index contributed by atoms with van der Waals surface area (Å²) < 4.78 is 37.8. The van der Waals surface area contributed by atoms with E-state index in [4.69, 9.17) is 9.47 Å². The Morgan fingerprint density at radius 2 is 1.60 bits per heavy atom. The summed E-state index contributed by atoms with van der Waals surface area (Å²) in [7, 11) is 0.822. The third-order valence-corrected chi connectivity index (χ3v) is 5.04. The summed E-state index contributed by atoms with van der Waals surface area (Å²) in [5.41, 5.74) is 0.958. The van der Waals surface area contributed by atoms with Gasteiger partial charge in [0.15, 0.2) is 11.5 Å². The van der Waals surface area contributed by atoms with Gasteiger partial charge in [-0.15, -0.1) is 0 Å². The van der Waals surface area contributed by atoms with Crippen LogP contribution in [0.3, 0.4) is 0 Å². The molecule has 0 bridgehead atoms. The maximum atomic E-state index is 12.5. The Kier molecular flexibility index (Phi) is 5.53. The number of carbonyl (C=O) groups is 1. The average molecular weight is 364 g/mol. The standard InChI is InChI=1S/C17H20N2O5S/c1-12(20)19(2)14-6-8-15(9-7-14)25(21,22)18-13-5-10-16(23-3)17(11-13)24-4/h5-11,18H,1-4H3. The first-order valence-corrected chi connectivity index (χ1v) is 8.86. The van der Waals surface area contributed by atoms with E-state index in [1.54, 1.807) is 31.3 Å². The molecular weight excluding hydrogens is 344 g/mol. The molecule has 0 saturated heterocycles. The lowest BCUT2D eigenvalue weighted by atomic mass is 10.3. The zero-order chi connectivity index (χ0) is 18.6. The fourth-order valence-corrected chi connectivity index (χ4v) is 3.19. The number of nitrogens with one attached hydrogen (secondary N) is 1. The first-order chi connectivity index (χ1) is 11.8. The molecule has 2 rings (SSSR count). The molecule has 0 heterocycles. The van der Waals surface area contributed by atoms with Crippen molar-refractivity contribution in [3.05, 3.63) is 42.5 Å². The Labute approximate surface area is 147 Å². The molecule has 0 unspecified atom stereocenters. The Balaban J connectivity index is 2.26. The van der Waals surface area contributed by atoms with Crippen LogP contribution in [-0.4, -0.2) is 35.6 Å². The fourth-order valence-electron chi connectivity index (χ4n) is 2.14. The predicted octanol–water partition coefficient (Wildman–Crippen LogP) is 2.49. The molecule has 0 fully saturated rings. The molecule has 7 nitrogen and oxygen atoms in total.